The van der Waals surface area contributed by atoms with E-state index in [-0.39, 0.29) is 23.0 Å². The van der Waals surface area contributed by atoms with Crippen molar-refractivity contribution in [2.24, 2.45) is 0 Å². The van der Waals surface area contributed by atoms with E-state index < -0.39 is 16.0 Å². The molecule has 0 spiro atoms. The van der Waals surface area contributed by atoms with Gasteiger partial charge in [-0.05, 0) is 25.1 Å². The summed E-state index contributed by atoms with van der Waals surface area (Å²) in [6.45, 7) is 2.65. The SMILES string of the molecule is COC(=O)c1cc(N)ccc1S(=O)(=O)N1CCOCC1C. The molecule has 0 radical (unpaired) electrons. The van der Waals surface area contributed by atoms with Crippen LogP contribution in [0.15, 0.2) is 23.1 Å². The normalized spacial score (nSPS) is 20.2. The summed E-state index contributed by atoms with van der Waals surface area (Å²) in [7, 11) is -2.62. The van der Waals surface area contributed by atoms with E-state index in [4.69, 9.17) is 10.5 Å². The van der Waals surface area contributed by atoms with Crippen LogP contribution in [0.5, 0.6) is 0 Å². The molecule has 7 nitrogen and oxygen atoms in total. The van der Waals surface area contributed by atoms with Gasteiger partial charge in [-0.15, -0.1) is 0 Å². The van der Waals surface area contributed by atoms with E-state index in [2.05, 4.69) is 4.74 Å². The fourth-order valence-electron chi connectivity index (χ4n) is 2.24. The summed E-state index contributed by atoms with van der Waals surface area (Å²) < 4.78 is 36.8. The van der Waals surface area contributed by atoms with Gasteiger partial charge in [0.15, 0.2) is 0 Å². The zero-order chi connectivity index (χ0) is 15.6. The average molecular weight is 314 g/mol. The van der Waals surface area contributed by atoms with Gasteiger partial charge in [0.25, 0.3) is 0 Å². The molecule has 0 amide bonds. The van der Waals surface area contributed by atoms with E-state index in [0.29, 0.717) is 18.9 Å². The molecule has 1 atom stereocenters. The maximum atomic E-state index is 12.8. The number of rotatable bonds is 3. The van der Waals surface area contributed by atoms with Crippen molar-refractivity contribution >= 4 is 21.7 Å². The molecule has 8 heteroatoms. The minimum Gasteiger partial charge on any atom is -0.465 e. The first-order valence-corrected chi connectivity index (χ1v) is 7.89. The van der Waals surface area contributed by atoms with E-state index in [1.54, 1.807) is 6.92 Å². The molecule has 1 saturated heterocycles. The lowest BCUT2D eigenvalue weighted by molar-refractivity contribution is 0.0391. The minimum atomic E-state index is -3.82. The third kappa shape index (κ3) is 3.02. The smallest absolute Gasteiger partial charge is 0.339 e. The molecule has 0 saturated carbocycles. The summed E-state index contributed by atoms with van der Waals surface area (Å²) >= 11 is 0. The van der Waals surface area contributed by atoms with E-state index in [1.165, 1.54) is 29.6 Å². The van der Waals surface area contributed by atoms with Gasteiger partial charge in [0.2, 0.25) is 10.0 Å². The summed E-state index contributed by atoms with van der Waals surface area (Å²) in [4.78, 5) is 11.7. The van der Waals surface area contributed by atoms with Crippen molar-refractivity contribution in [3.8, 4) is 0 Å². The number of hydrogen-bond acceptors (Lipinski definition) is 6. The molecule has 1 heterocycles. The van der Waals surface area contributed by atoms with Gasteiger partial charge >= 0.3 is 5.97 Å². The highest BCUT2D eigenvalue weighted by Gasteiger charge is 2.34. The molecule has 0 aromatic heterocycles. The fourth-order valence-corrected chi connectivity index (χ4v) is 4.00. The van der Waals surface area contributed by atoms with Gasteiger partial charge in [0, 0.05) is 18.3 Å². The first kappa shape index (κ1) is 15.7. The van der Waals surface area contributed by atoms with Gasteiger partial charge in [0.05, 0.1) is 30.8 Å². The number of nitrogens with zero attached hydrogens (tertiary/aromatic N) is 1. The van der Waals surface area contributed by atoms with Crippen LogP contribution in [0.3, 0.4) is 0 Å². The molecular formula is C13H18N2O5S. The van der Waals surface area contributed by atoms with Crippen LogP contribution in [0.1, 0.15) is 17.3 Å². The van der Waals surface area contributed by atoms with Crippen molar-refractivity contribution in [1.29, 1.82) is 0 Å². The number of carbonyl (C=O) groups is 1. The molecule has 1 aliphatic rings. The van der Waals surface area contributed by atoms with Crippen molar-refractivity contribution < 1.29 is 22.7 Å². The summed E-state index contributed by atoms with van der Waals surface area (Å²) in [5.41, 5.74) is 5.87. The number of methoxy groups -OCH3 is 1. The summed E-state index contributed by atoms with van der Waals surface area (Å²) in [6.07, 6.45) is 0. The number of sulfonamides is 1. The Kier molecular flexibility index (Phi) is 4.50. The first-order valence-electron chi connectivity index (χ1n) is 6.45. The average Bonchev–Trinajstić information content (AvgIpc) is 2.46. The molecule has 1 unspecified atom stereocenters. The Bertz CT molecular complexity index is 644. The van der Waals surface area contributed by atoms with Gasteiger partial charge in [-0.1, -0.05) is 0 Å². The Balaban J connectivity index is 2.51. The zero-order valence-electron chi connectivity index (χ0n) is 11.9. The third-order valence-electron chi connectivity index (χ3n) is 3.30. The Morgan fingerprint density at radius 3 is 2.81 bits per heavy atom. The number of nitrogen functional groups attached to an aromatic ring is 1. The largest absolute Gasteiger partial charge is 0.465 e. The van der Waals surface area contributed by atoms with Crippen LogP contribution in [-0.2, 0) is 19.5 Å². The molecule has 116 valence electrons. The molecule has 2 N–H and O–H groups in total. The van der Waals surface area contributed by atoms with Crippen LogP contribution >= 0.6 is 0 Å². The van der Waals surface area contributed by atoms with Gasteiger partial charge < -0.3 is 15.2 Å². The van der Waals surface area contributed by atoms with Gasteiger partial charge in [-0.3, -0.25) is 0 Å². The Morgan fingerprint density at radius 2 is 2.19 bits per heavy atom. The molecule has 1 aliphatic heterocycles. The van der Waals surface area contributed by atoms with Crippen molar-refractivity contribution in [1.82, 2.24) is 4.31 Å². The molecule has 0 aliphatic carbocycles. The maximum absolute atomic E-state index is 12.8. The van der Waals surface area contributed by atoms with Gasteiger partial charge in [0.1, 0.15) is 0 Å². The fraction of sp³-hybridized carbons (Fsp3) is 0.462. The molecule has 1 aromatic carbocycles. The second-order valence-electron chi connectivity index (χ2n) is 4.79. The van der Waals surface area contributed by atoms with Crippen LogP contribution in [0.2, 0.25) is 0 Å². The third-order valence-corrected chi connectivity index (χ3v) is 5.37. The van der Waals surface area contributed by atoms with E-state index in [0.717, 1.165) is 0 Å². The Labute approximate surface area is 123 Å². The quantitative estimate of drug-likeness (QED) is 0.643. The van der Waals surface area contributed by atoms with E-state index in [9.17, 15) is 13.2 Å². The number of esters is 1. The molecule has 1 aromatic rings. The second-order valence-corrected chi connectivity index (χ2v) is 6.65. The van der Waals surface area contributed by atoms with Crippen molar-refractivity contribution in [3.63, 3.8) is 0 Å². The zero-order valence-corrected chi connectivity index (χ0v) is 12.7. The highest BCUT2D eigenvalue weighted by atomic mass is 32.2. The number of anilines is 1. The van der Waals surface area contributed by atoms with Crippen LogP contribution in [0.4, 0.5) is 5.69 Å². The van der Waals surface area contributed by atoms with E-state index in [1.807, 2.05) is 0 Å². The molecule has 1 fully saturated rings. The number of nitrogens with two attached hydrogens (primary N) is 1. The predicted octanol–water partition coefficient (Wildman–Crippen LogP) is 0.465. The summed E-state index contributed by atoms with van der Waals surface area (Å²) in [6, 6.07) is 3.79. The van der Waals surface area contributed by atoms with Crippen LogP contribution in [0.25, 0.3) is 0 Å². The number of morpholine rings is 1. The highest BCUT2D eigenvalue weighted by Crippen LogP contribution is 2.25. The molecule has 2 rings (SSSR count). The standard InChI is InChI=1S/C13H18N2O5S/c1-9-8-20-6-5-15(9)21(17,18)12-4-3-10(14)7-11(12)13(16)19-2/h3-4,7,9H,5-6,8,14H2,1-2H3. The highest BCUT2D eigenvalue weighted by molar-refractivity contribution is 7.89. The maximum Gasteiger partial charge on any atom is 0.339 e. The van der Waals surface area contributed by atoms with E-state index >= 15 is 0 Å². The summed E-state index contributed by atoms with van der Waals surface area (Å²) in [5, 5.41) is 0. The molecular weight excluding hydrogens is 296 g/mol. The summed E-state index contributed by atoms with van der Waals surface area (Å²) in [5.74, 6) is -0.734. The monoisotopic (exact) mass is 314 g/mol. The van der Waals surface area contributed by atoms with Crippen molar-refractivity contribution in [3.05, 3.63) is 23.8 Å². The number of ether oxygens (including phenoxy) is 2. The lowest BCUT2D eigenvalue weighted by Crippen LogP contribution is -2.47. The number of hydrogen-bond donors (Lipinski definition) is 1. The Hall–Kier alpha value is -1.64. The first-order chi connectivity index (χ1) is 9.87. The van der Waals surface area contributed by atoms with Crippen molar-refractivity contribution in [2.75, 3.05) is 32.6 Å². The number of benzene rings is 1. The van der Waals surface area contributed by atoms with Crippen LogP contribution < -0.4 is 5.73 Å². The minimum absolute atomic E-state index is 0.0591. The topological polar surface area (TPSA) is 98.9 Å². The van der Waals surface area contributed by atoms with Crippen LogP contribution in [0, 0.1) is 0 Å². The Morgan fingerprint density at radius 1 is 1.48 bits per heavy atom. The van der Waals surface area contributed by atoms with Gasteiger partial charge in [-0.2, -0.15) is 4.31 Å². The van der Waals surface area contributed by atoms with Crippen molar-refractivity contribution in [2.45, 2.75) is 17.9 Å². The van der Waals surface area contributed by atoms with Gasteiger partial charge in [-0.25, -0.2) is 13.2 Å². The lowest BCUT2D eigenvalue weighted by atomic mass is 10.2. The molecule has 21 heavy (non-hydrogen) atoms. The second kappa shape index (κ2) is 6.00. The van der Waals surface area contributed by atoms with Crippen LogP contribution in [-0.4, -0.2) is 51.6 Å². The number of carbonyl (C=O) groups excluding carboxylic acids is 1. The molecule has 0 bridgehead atoms. The predicted molar refractivity (Wildman–Crippen MR) is 76.4 cm³/mol. The lowest BCUT2D eigenvalue weighted by Gasteiger charge is -2.32.